The van der Waals surface area contributed by atoms with Crippen LogP contribution in [-0.4, -0.2) is 0 Å². The summed E-state index contributed by atoms with van der Waals surface area (Å²) in [5.41, 5.74) is 1.17. The van der Waals surface area contributed by atoms with Crippen molar-refractivity contribution in [2.45, 2.75) is 13.5 Å². The average molecular weight is 279 g/mol. The molecule has 0 N–H and O–H groups in total. The van der Waals surface area contributed by atoms with E-state index < -0.39 is 0 Å². The first-order valence-electron chi connectivity index (χ1n) is 5.04. The second kappa shape index (κ2) is 7.07. The van der Waals surface area contributed by atoms with Crippen LogP contribution in [0.5, 0.6) is 0 Å². The van der Waals surface area contributed by atoms with Gasteiger partial charge in [0.05, 0.1) is 5.76 Å². The molecule has 0 atom stereocenters. The first-order valence-corrected chi connectivity index (χ1v) is 5.84. The van der Waals surface area contributed by atoms with Crippen molar-refractivity contribution in [3.05, 3.63) is 70.9 Å². The third kappa shape index (κ3) is 5.56. The summed E-state index contributed by atoms with van der Waals surface area (Å²) in [6.07, 6.45) is 5.68. The lowest BCUT2D eigenvalue weighted by molar-refractivity contribution is 0.201. The van der Waals surface area contributed by atoms with E-state index in [1.807, 2.05) is 55.5 Å². The van der Waals surface area contributed by atoms with Gasteiger partial charge in [-0.3, -0.25) is 0 Å². The highest BCUT2D eigenvalue weighted by molar-refractivity contribution is 9.11. The molecule has 0 aliphatic heterocycles. The first kappa shape index (κ1) is 12.8. The zero-order valence-corrected chi connectivity index (χ0v) is 10.9. The summed E-state index contributed by atoms with van der Waals surface area (Å²) in [5, 5.41) is 0. The SMILES string of the molecule is C=C(Br)/C=C\C=C(/C)OCc1ccccc1. The van der Waals surface area contributed by atoms with Crippen molar-refractivity contribution in [3.8, 4) is 0 Å². The van der Waals surface area contributed by atoms with E-state index in [4.69, 9.17) is 4.74 Å². The number of hydrogen-bond donors (Lipinski definition) is 0. The van der Waals surface area contributed by atoms with Gasteiger partial charge in [-0.25, -0.2) is 0 Å². The Morgan fingerprint density at radius 3 is 2.69 bits per heavy atom. The quantitative estimate of drug-likeness (QED) is 0.566. The Hall–Kier alpha value is -1.28. The molecule has 2 heteroatoms. The van der Waals surface area contributed by atoms with Crippen molar-refractivity contribution in [1.29, 1.82) is 0 Å². The molecule has 0 bridgehead atoms. The largest absolute Gasteiger partial charge is 0.494 e. The highest BCUT2D eigenvalue weighted by atomic mass is 79.9. The van der Waals surface area contributed by atoms with Gasteiger partial charge in [0.15, 0.2) is 0 Å². The third-order valence-corrected chi connectivity index (χ3v) is 2.18. The van der Waals surface area contributed by atoms with Crippen LogP contribution in [0.15, 0.2) is 65.4 Å². The van der Waals surface area contributed by atoms with Crippen LogP contribution in [0.3, 0.4) is 0 Å². The maximum absolute atomic E-state index is 5.57. The molecule has 0 aliphatic carbocycles. The lowest BCUT2D eigenvalue weighted by Crippen LogP contribution is -1.89. The number of allylic oxidation sites excluding steroid dienone is 5. The van der Waals surface area contributed by atoms with E-state index >= 15 is 0 Å². The van der Waals surface area contributed by atoms with E-state index in [1.165, 1.54) is 5.56 Å². The minimum atomic E-state index is 0.603. The van der Waals surface area contributed by atoms with E-state index in [-0.39, 0.29) is 0 Å². The van der Waals surface area contributed by atoms with Crippen molar-refractivity contribution in [1.82, 2.24) is 0 Å². The normalized spacial score (nSPS) is 11.8. The van der Waals surface area contributed by atoms with Crippen LogP contribution < -0.4 is 0 Å². The zero-order chi connectivity index (χ0) is 11.8. The Morgan fingerprint density at radius 2 is 2.06 bits per heavy atom. The summed E-state index contributed by atoms with van der Waals surface area (Å²) in [6.45, 7) is 6.24. The Morgan fingerprint density at radius 1 is 1.38 bits per heavy atom. The first-order chi connectivity index (χ1) is 7.68. The highest BCUT2D eigenvalue weighted by Gasteiger charge is 1.91. The molecule has 0 aromatic heterocycles. The van der Waals surface area contributed by atoms with Gasteiger partial charge in [0.2, 0.25) is 0 Å². The molecule has 0 aliphatic rings. The molecule has 0 heterocycles. The molecule has 84 valence electrons. The molecule has 0 saturated carbocycles. The second-order valence-electron chi connectivity index (χ2n) is 3.36. The van der Waals surface area contributed by atoms with Crippen LogP contribution in [0.25, 0.3) is 0 Å². The Labute approximate surface area is 105 Å². The zero-order valence-electron chi connectivity index (χ0n) is 9.32. The lowest BCUT2D eigenvalue weighted by atomic mass is 10.2. The number of ether oxygens (including phenoxy) is 1. The van der Waals surface area contributed by atoms with E-state index in [0.717, 1.165) is 10.2 Å². The molecule has 1 aromatic carbocycles. The van der Waals surface area contributed by atoms with Gasteiger partial charge in [0.1, 0.15) is 6.61 Å². The van der Waals surface area contributed by atoms with Gasteiger partial charge in [-0.05, 0) is 24.6 Å². The van der Waals surface area contributed by atoms with Crippen LogP contribution in [-0.2, 0) is 11.3 Å². The maximum atomic E-state index is 5.57. The monoisotopic (exact) mass is 278 g/mol. The van der Waals surface area contributed by atoms with E-state index in [9.17, 15) is 0 Å². The van der Waals surface area contributed by atoms with Gasteiger partial charge in [-0.1, -0.05) is 58.9 Å². The fourth-order valence-corrected chi connectivity index (χ4v) is 1.26. The molecule has 16 heavy (non-hydrogen) atoms. The Bertz CT molecular complexity index is 390. The summed E-state index contributed by atoms with van der Waals surface area (Å²) in [7, 11) is 0. The summed E-state index contributed by atoms with van der Waals surface area (Å²) in [5.74, 6) is 0.883. The van der Waals surface area contributed by atoms with Crippen molar-refractivity contribution < 1.29 is 4.74 Å². The fraction of sp³-hybridized carbons (Fsp3) is 0.143. The summed E-state index contributed by atoms with van der Waals surface area (Å²) in [6, 6.07) is 10.1. The van der Waals surface area contributed by atoms with E-state index in [0.29, 0.717) is 6.61 Å². The maximum Gasteiger partial charge on any atom is 0.113 e. The molecule has 0 amide bonds. The Balaban J connectivity index is 2.41. The molecule has 1 nitrogen and oxygen atoms in total. The van der Waals surface area contributed by atoms with Gasteiger partial charge in [0, 0.05) is 4.48 Å². The van der Waals surface area contributed by atoms with Gasteiger partial charge >= 0.3 is 0 Å². The highest BCUT2D eigenvalue weighted by Crippen LogP contribution is 2.06. The van der Waals surface area contributed by atoms with Gasteiger partial charge in [0.25, 0.3) is 0 Å². The molecule has 1 aromatic rings. The molecule has 0 fully saturated rings. The van der Waals surface area contributed by atoms with Crippen LogP contribution in [0.1, 0.15) is 12.5 Å². The minimum absolute atomic E-state index is 0.603. The number of rotatable bonds is 5. The van der Waals surface area contributed by atoms with Crippen LogP contribution in [0, 0.1) is 0 Å². The lowest BCUT2D eigenvalue weighted by Gasteiger charge is -2.05. The van der Waals surface area contributed by atoms with Crippen LogP contribution in [0.2, 0.25) is 0 Å². The molecule has 0 unspecified atom stereocenters. The molecular formula is C14H15BrO. The smallest absolute Gasteiger partial charge is 0.113 e. The van der Waals surface area contributed by atoms with Crippen molar-refractivity contribution in [3.63, 3.8) is 0 Å². The molecular weight excluding hydrogens is 264 g/mol. The topological polar surface area (TPSA) is 9.23 Å². The molecule has 0 spiro atoms. The van der Waals surface area contributed by atoms with Gasteiger partial charge < -0.3 is 4.74 Å². The Kier molecular flexibility index (Phi) is 5.65. The van der Waals surface area contributed by atoms with Gasteiger partial charge in [-0.2, -0.15) is 0 Å². The van der Waals surface area contributed by atoms with Crippen LogP contribution >= 0.6 is 15.9 Å². The number of benzene rings is 1. The van der Waals surface area contributed by atoms with Crippen molar-refractivity contribution in [2.75, 3.05) is 0 Å². The van der Waals surface area contributed by atoms with E-state index in [2.05, 4.69) is 22.5 Å². The number of halogens is 1. The van der Waals surface area contributed by atoms with Crippen molar-refractivity contribution in [2.24, 2.45) is 0 Å². The predicted molar refractivity (Wildman–Crippen MR) is 72.2 cm³/mol. The van der Waals surface area contributed by atoms with Crippen molar-refractivity contribution >= 4 is 15.9 Å². The standard InChI is InChI=1S/C14H15BrO/c1-12(15)7-6-8-13(2)16-11-14-9-4-3-5-10-14/h3-10H,1,11H2,2H3/b7-6-,13-8+. The molecule has 0 radical (unpaired) electrons. The van der Waals surface area contributed by atoms with E-state index in [1.54, 1.807) is 0 Å². The fourth-order valence-electron chi connectivity index (χ4n) is 1.11. The molecule has 1 rings (SSSR count). The third-order valence-electron chi connectivity index (χ3n) is 1.92. The van der Waals surface area contributed by atoms with Gasteiger partial charge in [-0.15, -0.1) is 0 Å². The summed E-state index contributed by atoms with van der Waals surface area (Å²) < 4.78 is 6.42. The average Bonchev–Trinajstić information content (AvgIpc) is 2.27. The molecule has 0 saturated heterocycles. The predicted octanol–water partition coefficient (Wildman–Crippen LogP) is 4.57. The van der Waals surface area contributed by atoms with Crippen LogP contribution in [0.4, 0.5) is 0 Å². The summed E-state index contributed by atoms with van der Waals surface area (Å²) >= 11 is 3.25. The second-order valence-corrected chi connectivity index (χ2v) is 4.38. The number of hydrogen-bond acceptors (Lipinski definition) is 1. The minimum Gasteiger partial charge on any atom is -0.494 e. The summed E-state index contributed by atoms with van der Waals surface area (Å²) in [4.78, 5) is 0.